The fourth-order valence-electron chi connectivity index (χ4n) is 2.04. The van der Waals surface area contributed by atoms with Gasteiger partial charge in [-0.2, -0.15) is 0 Å². The summed E-state index contributed by atoms with van der Waals surface area (Å²) >= 11 is 6.07. The lowest BCUT2D eigenvalue weighted by Gasteiger charge is -2.11. The molecule has 1 aliphatic rings. The Labute approximate surface area is 101 Å². The van der Waals surface area contributed by atoms with Gasteiger partial charge in [-0.1, -0.05) is 29.3 Å². The first kappa shape index (κ1) is 11.3. The maximum atomic E-state index is 6.07. The molecular formula is C13H17ClN2. The van der Waals surface area contributed by atoms with Crippen LogP contribution in [0.15, 0.2) is 29.8 Å². The molecule has 3 heteroatoms. The van der Waals surface area contributed by atoms with Crippen molar-refractivity contribution in [1.29, 1.82) is 0 Å². The van der Waals surface area contributed by atoms with E-state index in [1.807, 2.05) is 18.2 Å². The first-order valence-electron chi connectivity index (χ1n) is 5.73. The minimum atomic E-state index is 0.695. The number of anilines is 2. The van der Waals surface area contributed by atoms with Crippen LogP contribution in [-0.2, 0) is 0 Å². The zero-order chi connectivity index (χ0) is 11.4. The average Bonchev–Trinajstić information content (AvgIpc) is 2.75. The number of nitrogens with one attached hydrogen (secondary N) is 1. The SMILES string of the molecule is Nc1cccc(Cl)c1NCCC1=CCCC1. The number of nitrogens with two attached hydrogens (primary N) is 1. The molecular weight excluding hydrogens is 220 g/mol. The molecule has 2 nitrogen and oxygen atoms in total. The summed E-state index contributed by atoms with van der Waals surface area (Å²) in [5.74, 6) is 0. The van der Waals surface area contributed by atoms with Gasteiger partial charge in [0.25, 0.3) is 0 Å². The second-order valence-electron chi connectivity index (χ2n) is 4.14. The fraction of sp³-hybridized carbons (Fsp3) is 0.385. The molecule has 0 unspecified atom stereocenters. The van der Waals surface area contributed by atoms with Gasteiger partial charge in [0.2, 0.25) is 0 Å². The molecule has 0 heterocycles. The van der Waals surface area contributed by atoms with E-state index in [1.165, 1.54) is 19.3 Å². The summed E-state index contributed by atoms with van der Waals surface area (Å²) in [6.07, 6.45) is 7.23. The van der Waals surface area contributed by atoms with Crippen LogP contribution >= 0.6 is 11.6 Å². The summed E-state index contributed by atoms with van der Waals surface area (Å²) in [6, 6.07) is 5.58. The number of allylic oxidation sites excluding steroid dienone is 1. The predicted molar refractivity (Wildman–Crippen MR) is 70.9 cm³/mol. The van der Waals surface area contributed by atoms with Gasteiger partial charge in [0.15, 0.2) is 0 Å². The van der Waals surface area contributed by atoms with Crippen molar-refractivity contribution in [1.82, 2.24) is 0 Å². The summed E-state index contributed by atoms with van der Waals surface area (Å²) in [4.78, 5) is 0. The Balaban J connectivity index is 1.89. The third-order valence-electron chi connectivity index (χ3n) is 2.93. The molecule has 0 aromatic heterocycles. The average molecular weight is 237 g/mol. The van der Waals surface area contributed by atoms with Crippen molar-refractivity contribution in [2.75, 3.05) is 17.6 Å². The zero-order valence-corrected chi connectivity index (χ0v) is 10.1. The Morgan fingerprint density at radius 3 is 2.94 bits per heavy atom. The molecule has 0 aliphatic heterocycles. The summed E-state index contributed by atoms with van der Waals surface area (Å²) < 4.78 is 0. The van der Waals surface area contributed by atoms with Crippen molar-refractivity contribution in [3.8, 4) is 0 Å². The van der Waals surface area contributed by atoms with Crippen molar-refractivity contribution in [2.24, 2.45) is 0 Å². The maximum Gasteiger partial charge on any atom is 0.0763 e. The van der Waals surface area contributed by atoms with E-state index < -0.39 is 0 Å². The number of benzene rings is 1. The number of para-hydroxylation sites is 1. The number of hydrogen-bond donors (Lipinski definition) is 2. The predicted octanol–water partition coefficient (Wildman–Crippen LogP) is 3.83. The first-order valence-corrected chi connectivity index (χ1v) is 6.11. The van der Waals surface area contributed by atoms with Crippen LogP contribution in [0.1, 0.15) is 25.7 Å². The molecule has 2 rings (SSSR count). The molecule has 86 valence electrons. The topological polar surface area (TPSA) is 38.0 Å². The quantitative estimate of drug-likeness (QED) is 0.616. The van der Waals surface area contributed by atoms with Gasteiger partial charge in [-0.15, -0.1) is 0 Å². The third-order valence-corrected chi connectivity index (χ3v) is 3.24. The lowest BCUT2D eigenvalue weighted by molar-refractivity contribution is 0.863. The van der Waals surface area contributed by atoms with Gasteiger partial charge in [-0.3, -0.25) is 0 Å². The lowest BCUT2D eigenvalue weighted by atomic mass is 10.1. The van der Waals surface area contributed by atoms with Crippen LogP contribution in [0, 0.1) is 0 Å². The van der Waals surface area contributed by atoms with E-state index in [9.17, 15) is 0 Å². The molecule has 0 amide bonds. The van der Waals surface area contributed by atoms with E-state index in [2.05, 4.69) is 11.4 Å². The highest BCUT2D eigenvalue weighted by Crippen LogP contribution is 2.28. The summed E-state index contributed by atoms with van der Waals surface area (Å²) in [6.45, 7) is 0.903. The standard InChI is InChI=1S/C13H17ClN2/c14-11-6-3-7-12(15)13(11)16-9-8-10-4-1-2-5-10/h3-4,6-7,16H,1-2,5,8-9,15H2. The molecule has 0 radical (unpaired) electrons. The highest BCUT2D eigenvalue weighted by molar-refractivity contribution is 6.33. The van der Waals surface area contributed by atoms with Crippen LogP contribution in [-0.4, -0.2) is 6.54 Å². The van der Waals surface area contributed by atoms with Crippen molar-refractivity contribution in [3.63, 3.8) is 0 Å². The minimum absolute atomic E-state index is 0.695. The zero-order valence-electron chi connectivity index (χ0n) is 9.30. The number of rotatable bonds is 4. The smallest absolute Gasteiger partial charge is 0.0763 e. The summed E-state index contributed by atoms with van der Waals surface area (Å²) in [5, 5.41) is 4.01. The molecule has 1 aromatic carbocycles. The Bertz CT molecular complexity index is 379. The molecule has 0 atom stereocenters. The highest BCUT2D eigenvalue weighted by atomic mass is 35.5. The molecule has 3 N–H and O–H groups in total. The highest BCUT2D eigenvalue weighted by Gasteiger charge is 2.06. The molecule has 0 fully saturated rings. The second-order valence-corrected chi connectivity index (χ2v) is 4.54. The normalized spacial score (nSPS) is 14.9. The van der Waals surface area contributed by atoms with Gasteiger partial charge in [-0.25, -0.2) is 0 Å². The van der Waals surface area contributed by atoms with Crippen LogP contribution < -0.4 is 11.1 Å². The minimum Gasteiger partial charge on any atom is -0.397 e. The summed E-state index contributed by atoms with van der Waals surface area (Å²) in [7, 11) is 0. The molecule has 1 aliphatic carbocycles. The van der Waals surface area contributed by atoms with Crippen molar-refractivity contribution in [3.05, 3.63) is 34.9 Å². The van der Waals surface area contributed by atoms with Crippen LogP contribution in [0.3, 0.4) is 0 Å². The van der Waals surface area contributed by atoms with Crippen molar-refractivity contribution < 1.29 is 0 Å². The number of nitrogen functional groups attached to an aromatic ring is 1. The largest absolute Gasteiger partial charge is 0.397 e. The molecule has 0 saturated carbocycles. The fourth-order valence-corrected chi connectivity index (χ4v) is 2.29. The second kappa shape index (κ2) is 5.26. The van der Waals surface area contributed by atoms with Crippen LogP contribution in [0.2, 0.25) is 5.02 Å². The van der Waals surface area contributed by atoms with Crippen LogP contribution in [0.4, 0.5) is 11.4 Å². The van der Waals surface area contributed by atoms with E-state index in [0.29, 0.717) is 10.7 Å². The van der Waals surface area contributed by atoms with Crippen LogP contribution in [0.25, 0.3) is 0 Å². The van der Waals surface area contributed by atoms with Gasteiger partial charge >= 0.3 is 0 Å². The van der Waals surface area contributed by atoms with Crippen molar-refractivity contribution >= 4 is 23.0 Å². The number of halogens is 1. The monoisotopic (exact) mass is 236 g/mol. The molecule has 0 bridgehead atoms. The molecule has 1 aromatic rings. The lowest BCUT2D eigenvalue weighted by Crippen LogP contribution is -2.05. The Morgan fingerprint density at radius 2 is 2.25 bits per heavy atom. The Kier molecular flexibility index (Phi) is 3.73. The van der Waals surface area contributed by atoms with Crippen molar-refractivity contribution in [2.45, 2.75) is 25.7 Å². The van der Waals surface area contributed by atoms with E-state index in [0.717, 1.165) is 18.7 Å². The van der Waals surface area contributed by atoms with E-state index in [1.54, 1.807) is 5.57 Å². The maximum absolute atomic E-state index is 6.07. The van der Waals surface area contributed by atoms with E-state index >= 15 is 0 Å². The van der Waals surface area contributed by atoms with Gasteiger partial charge in [0, 0.05) is 6.54 Å². The third kappa shape index (κ3) is 2.70. The first-order chi connectivity index (χ1) is 7.77. The Hall–Kier alpha value is -1.15. The van der Waals surface area contributed by atoms with Gasteiger partial charge in [-0.05, 0) is 37.8 Å². The van der Waals surface area contributed by atoms with E-state index in [4.69, 9.17) is 17.3 Å². The van der Waals surface area contributed by atoms with Crippen LogP contribution in [0.5, 0.6) is 0 Å². The van der Waals surface area contributed by atoms with Gasteiger partial charge < -0.3 is 11.1 Å². The Morgan fingerprint density at radius 1 is 1.38 bits per heavy atom. The summed E-state index contributed by atoms with van der Waals surface area (Å²) in [5.41, 5.74) is 8.99. The van der Waals surface area contributed by atoms with Gasteiger partial charge in [0.05, 0.1) is 16.4 Å². The van der Waals surface area contributed by atoms with E-state index in [-0.39, 0.29) is 0 Å². The number of hydrogen-bond acceptors (Lipinski definition) is 2. The van der Waals surface area contributed by atoms with Gasteiger partial charge in [0.1, 0.15) is 0 Å². The molecule has 0 spiro atoms. The molecule has 16 heavy (non-hydrogen) atoms. The molecule has 0 saturated heterocycles.